The summed E-state index contributed by atoms with van der Waals surface area (Å²) in [5.41, 5.74) is 1.52. The molecule has 6 nitrogen and oxygen atoms in total. The number of pyridine rings is 1. The zero-order valence-electron chi connectivity index (χ0n) is 15.2. The predicted octanol–water partition coefficient (Wildman–Crippen LogP) is 4.65. The molecule has 3 aromatic heterocycles. The average Bonchev–Trinajstić information content (AvgIpc) is 3.31. The molecule has 148 valence electrons. The van der Waals surface area contributed by atoms with Gasteiger partial charge in [0.05, 0.1) is 29.3 Å². The Morgan fingerprint density at radius 2 is 1.90 bits per heavy atom. The lowest BCUT2D eigenvalue weighted by Crippen LogP contribution is -2.12. The number of hydrogen-bond acceptors (Lipinski definition) is 4. The summed E-state index contributed by atoms with van der Waals surface area (Å²) in [5.74, 6) is -0.0778. The van der Waals surface area contributed by atoms with E-state index in [1.807, 2.05) is 6.92 Å². The van der Waals surface area contributed by atoms with E-state index in [1.54, 1.807) is 16.8 Å². The van der Waals surface area contributed by atoms with Gasteiger partial charge in [-0.05, 0) is 42.8 Å². The van der Waals surface area contributed by atoms with E-state index in [0.717, 1.165) is 17.8 Å². The number of furan rings is 1. The first kappa shape index (κ1) is 18.7. The number of benzene rings is 1. The molecule has 9 heteroatoms. The number of halogens is 3. The number of aryl methyl sites for hydroxylation is 1. The van der Waals surface area contributed by atoms with E-state index >= 15 is 0 Å². The van der Waals surface area contributed by atoms with Crippen LogP contribution in [0.1, 0.15) is 27.2 Å². The van der Waals surface area contributed by atoms with Gasteiger partial charge in [0.25, 0.3) is 5.91 Å². The summed E-state index contributed by atoms with van der Waals surface area (Å²) in [6.45, 7) is 2.02. The van der Waals surface area contributed by atoms with Crippen molar-refractivity contribution in [1.82, 2.24) is 14.8 Å². The van der Waals surface area contributed by atoms with Gasteiger partial charge >= 0.3 is 6.18 Å². The van der Waals surface area contributed by atoms with Crippen LogP contribution in [0.4, 0.5) is 19.0 Å². The molecule has 0 aliphatic rings. The van der Waals surface area contributed by atoms with Gasteiger partial charge in [-0.25, -0.2) is 9.67 Å². The highest BCUT2D eigenvalue weighted by molar-refractivity contribution is 6.07. The number of nitrogens with zero attached hydrogens (tertiary/aromatic N) is 3. The van der Waals surface area contributed by atoms with Crippen molar-refractivity contribution in [3.8, 4) is 0 Å². The number of fused-ring (bicyclic) bond motifs is 1. The average molecular weight is 400 g/mol. The first-order valence-corrected chi connectivity index (χ1v) is 8.65. The van der Waals surface area contributed by atoms with Gasteiger partial charge in [-0.2, -0.15) is 18.3 Å². The van der Waals surface area contributed by atoms with E-state index in [0.29, 0.717) is 28.0 Å². The third kappa shape index (κ3) is 3.84. The highest BCUT2D eigenvalue weighted by Crippen LogP contribution is 2.29. The molecular formula is C20H15F3N4O2. The van der Waals surface area contributed by atoms with Crippen LogP contribution in [0, 0.1) is 6.92 Å². The van der Waals surface area contributed by atoms with Crippen molar-refractivity contribution in [3.63, 3.8) is 0 Å². The number of hydrogen-bond donors (Lipinski definition) is 1. The summed E-state index contributed by atoms with van der Waals surface area (Å²) in [4.78, 5) is 16.8. The highest BCUT2D eigenvalue weighted by atomic mass is 19.4. The summed E-state index contributed by atoms with van der Waals surface area (Å²) in [6.07, 6.45) is -1.68. The van der Waals surface area contributed by atoms with Gasteiger partial charge in [0.1, 0.15) is 6.26 Å². The lowest BCUT2D eigenvalue weighted by molar-refractivity contribution is -0.137. The van der Waals surface area contributed by atoms with Gasteiger partial charge in [-0.3, -0.25) is 4.79 Å². The molecule has 0 aliphatic carbocycles. The summed E-state index contributed by atoms with van der Waals surface area (Å²) in [7, 11) is 0. The number of carbonyl (C=O) groups excluding carboxylic acids is 1. The van der Waals surface area contributed by atoms with Crippen LogP contribution in [-0.4, -0.2) is 20.7 Å². The molecule has 4 rings (SSSR count). The molecule has 0 aliphatic heterocycles. The monoisotopic (exact) mass is 400 g/mol. The molecule has 3 heterocycles. The van der Waals surface area contributed by atoms with Crippen LogP contribution in [-0.2, 0) is 12.7 Å². The summed E-state index contributed by atoms with van der Waals surface area (Å²) in [5, 5.41) is 7.76. The predicted molar refractivity (Wildman–Crippen MR) is 99.5 cm³/mol. The van der Waals surface area contributed by atoms with Crippen molar-refractivity contribution in [2.75, 3.05) is 5.32 Å². The second-order valence-electron chi connectivity index (χ2n) is 6.49. The number of nitrogens with one attached hydrogen (secondary N) is 1. The minimum Gasteiger partial charge on any atom is -0.472 e. The van der Waals surface area contributed by atoms with Crippen LogP contribution in [0.3, 0.4) is 0 Å². The fourth-order valence-corrected chi connectivity index (χ4v) is 2.89. The summed E-state index contributed by atoms with van der Waals surface area (Å²) >= 11 is 0. The minimum absolute atomic E-state index is 0.201. The fourth-order valence-electron chi connectivity index (χ4n) is 2.89. The van der Waals surface area contributed by atoms with Crippen molar-refractivity contribution in [3.05, 3.63) is 77.4 Å². The van der Waals surface area contributed by atoms with Crippen molar-refractivity contribution >= 4 is 22.8 Å². The number of aromatic nitrogens is 3. The molecule has 0 fully saturated rings. The standard InChI is InChI=1S/C20H15F3N4O2/c1-12-2-7-16-17(25-19(28)14-8-9-29-11-14)26-27(18(16)24-12)10-13-3-5-15(6-4-13)20(21,22)23/h2-9,11H,10H2,1H3,(H,25,26,28). The Labute approximate surface area is 163 Å². The van der Waals surface area contributed by atoms with E-state index in [4.69, 9.17) is 4.42 Å². The van der Waals surface area contributed by atoms with Crippen LogP contribution in [0.2, 0.25) is 0 Å². The summed E-state index contributed by atoms with van der Waals surface area (Å²) in [6, 6.07) is 9.96. The first-order valence-electron chi connectivity index (χ1n) is 8.65. The Hall–Kier alpha value is -3.62. The molecule has 0 spiro atoms. The topological polar surface area (TPSA) is 73.0 Å². The zero-order valence-corrected chi connectivity index (χ0v) is 15.2. The third-order valence-corrected chi connectivity index (χ3v) is 4.36. The Kier molecular flexibility index (Phi) is 4.57. The molecule has 1 amide bonds. The SMILES string of the molecule is Cc1ccc2c(NC(=O)c3ccoc3)nn(Cc3ccc(C(F)(F)F)cc3)c2n1. The van der Waals surface area contributed by atoms with Crippen LogP contribution in [0.15, 0.2) is 59.4 Å². The number of alkyl halides is 3. The van der Waals surface area contributed by atoms with Crippen LogP contribution < -0.4 is 5.32 Å². The van der Waals surface area contributed by atoms with E-state index in [9.17, 15) is 18.0 Å². The van der Waals surface area contributed by atoms with Gasteiger partial charge in [-0.15, -0.1) is 0 Å². The molecule has 0 radical (unpaired) electrons. The second kappa shape index (κ2) is 7.08. The molecule has 29 heavy (non-hydrogen) atoms. The van der Waals surface area contributed by atoms with Crippen molar-refractivity contribution in [2.24, 2.45) is 0 Å². The van der Waals surface area contributed by atoms with E-state index < -0.39 is 11.7 Å². The number of rotatable bonds is 4. The highest BCUT2D eigenvalue weighted by Gasteiger charge is 2.30. The second-order valence-corrected chi connectivity index (χ2v) is 6.49. The maximum absolute atomic E-state index is 12.8. The lowest BCUT2D eigenvalue weighted by Gasteiger charge is -2.08. The molecule has 0 unspecified atom stereocenters. The van der Waals surface area contributed by atoms with Crippen LogP contribution in [0.5, 0.6) is 0 Å². The Morgan fingerprint density at radius 1 is 1.14 bits per heavy atom. The minimum atomic E-state index is -4.39. The van der Waals surface area contributed by atoms with Crippen molar-refractivity contribution in [1.29, 1.82) is 0 Å². The number of anilines is 1. The zero-order chi connectivity index (χ0) is 20.6. The van der Waals surface area contributed by atoms with E-state index in [2.05, 4.69) is 15.4 Å². The van der Waals surface area contributed by atoms with Crippen LogP contribution in [0.25, 0.3) is 11.0 Å². The molecule has 1 N–H and O–H groups in total. The Balaban J connectivity index is 1.67. The molecule has 4 aromatic rings. The maximum atomic E-state index is 12.8. The van der Waals surface area contributed by atoms with Gasteiger partial charge < -0.3 is 9.73 Å². The maximum Gasteiger partial charge on any atom is 0.416 e. The van der Waals surface area contributed by atoms with Gasteiger partial charge in [0.15, 0.2) is 11.5 Å². The molecule has 0 saturated heterocycles. The number of carbonyl (C=O) groups is 1. The van der Waals surface area contributed by atoms with Crippen LogP contribution >= 0.6 is 0 Å². The van der Waals surface area contributed by atoms with Crippen molar-refractivity contribution in [2.45, 2.75) is 19.6 Å². The number of amides is 1. The quantitative estimate of drug-likeness (QED) is 0.541. The molecular weight excluding hydrogens is 385 g/mol. The van der Waals surface area contributed by atoms with Crippen molar-refractivity contribution < 1.29 is 22.4 Å². The molecule has 0 saturated carbocycles. The van der Waals surface area contributed by atoms with Gasteiger partial charge in [-0.1, -0.05) is 12.1 Å². The Morgan fingerprint density at radius 3 is 2.55 bits per heavy atom. The normalized spacial score (nSPS) is 11.7. The summed E-state index contributed by atoms with van der Waals surface area (Å²) < 4.78 is 44.8. The molecule has 1 aromatic carbocycles. The van der Waals surface area contributed by atoms with E-state index in [-0.39, 0.29) is 12.5 Å². The first-order chi connectivity index (χ1) is 13.8. The lowest BCUT2D eigenvalue weighted by atomic mass is 10.1. The smallest absolute Gasteiger partial charge is 0.416 e. The molecule has 0 bridgehead atoms. The third-order valence-electron chi connectivity index (χ3n) is 4.36. The van der Waals surface area contributed by atoms with Gasteiger partial charge in [0.2, 0.25) is 0 Å². The molecule has 0 atom stereocenters. The van der Waals surface area contributed by atoms with E-state index in [1.165, 1.54) is 30.7 Å². The van der Waals surface area contributed by atoms with Gasteiger partial charge in [0, 0.05) is 5.69 Å². The fraction of sp³-hybridized carbons (Fsp3) is 0.150. The Bertz CT molecular complexity index is 1160. The largest absolute Gasteiger partial charge is 0.472 e.